The summed E-state index contributed by atoms with van der Waals surface area (Å²) in [5.41, 5.74) is 0. The molecule has 460 valence electrons. The van der Waals surface area contributed by atoms with Gasteiger partial charge in [-0.3, -0.25) is 18.6 Å². The van der Waals surface area contributed by atoms with Crippen molar-refractivity contribution in [1.82, 2.24) is 5.32 Å². The third-order valence-corrected chi connectivity index (χ3v) is 14.9. The Kier molecular flexibility index (Phi) is 56.4. The largest absolute Gasteiger partial charge is 0.472 e. The van der Waals surface area contributed by atoms with Gasteiger partial charge in [-0.1, -0.05) is 252 Å². The second-order valence-electron chi connectivity index (χ2n) is 22.9. The maximum Gasteiger partial charge on any atom is 0.472 e. The van der Waals surface area contributed by atoms with E-state index in [1.165, 1.54) is 96.3 Å². The third-order valence-electron chi connectivity index (χ3n) is 13.9. The SMILES string of the molecule is CC/C=C\C/C=C\C/C=C\C/C=C\C/C=C\C/C=C\CCCCCCCCC(=O)OC(/C=C\CCCCCCCCCCCC)C(COP(=O)(O)OCC[N+](C)(C)C)NC(=O)CCCCCCCCC/C=C\C/C=C\CCCCC. The van der Waals surface area contributed by atoms with E-state index < -0.39 is 20.0 Å². The van der Waals surface area contributed by atoms with E-state index in [1.54, 1.807) is 0 Å². The summed E-state index contributed by atoms with van der Waals surface area (Å²) in [6, 6.07) is -0.866. The Balaban J connectivity index is 5.22. The van der Waals surface area contributed by atoms with Crippen molar-refractivity contribution < 1.29 is 37.3 Å². The number of amides is 1. The molecule has 10 heteroatoms. The van der Waals surface area contributed by atoms with Crippen molar-refractivity contribution in [2.75, 3.05) is 40.9 Å². The molecule has 0 aromatic heterocycles. The first-order valence-electron chi connectivity index (χ1n) is 32.7. The van der Waals surface area contributed by atoms with Gasteiger partial charge in [-0.15, -0.1) is 0 Å². The van der Waals surface area contributed by atoms with Crippen LogP contribution in [0.1, 0.15) is 271 Å². The molecule has 0 saturated heterocycles. The van der Waals surface area contributed by atoms with Crippen molar-refractivity contribution in [2.24, 2.45) is 0 Å². The molecule has 2 N–H and O–H groups in total. The highest BCUT2D eigenvalue weighted by atomic mass is 31.2. The number of hydrogen-bond donors (Lipinski definition) is 2. The average molecular weight is 1140 g/mol. The van der Waals surface area contributed by atoms with Gasteiger partial charge in [0.05, 0.1) is 33.8 Å². The molecule has 0 heterocycles. The van der Waals surface area contributed by atoms with E-state index in [-0.39, 0.29) is 31.5 Å². The zero-order valence-electron chi connectivity index (χ0n) is 52.5. The number of carbonyl (C=O) groups is 2. The lowest BCUT2D eigenvalue weighted by Gasteiger charge is -2.27. The number of esters is 1. The van der Waals surface area contributed by atoms with Crippen molar-refractivity contribution >= 4 is 19.7 Å². The van der Waals surface area contributed by atoms with Crippen LogP contribution in [0.3, 0.4) is 0 Å². The summed E-state index contributed by atoms with van der Waals surface area (Å²) >= 11 is 0. The number of nitrogens with zero attached hydrogens (tertiary/aromatic N) is 1. The van der Waals surface area contributed by atoms with Crippen LogP contribution in [0, 0.1) is 0 Å². The lowest BCUT2D eigenvalue weighted by molar-refractivity contribution is -0.870. The molecule has 0 spiro atoms. The minimum Gasteiger partial charge on any atom is -0.456 e. The topological polar surface area (TPSA) is 111 Å². The molecule has 3 unspecified atom stereocenters. The molecule has 0 aliphatic heterocycles. The highest BCUT2D eigenvalue weighted by Gasteiger charge is 2.30. The normalized spacial score (nSPS) is 14.3. The monoisotopic (exact) mass is 1140 g/mol. The number of carbonyl (C=O) groups excluding carboxylic acids is 2. The van der Waals surface area contributed by atoms with Gasteiger partial charge >= 0.3 is 13.8 Å². The van der Waals surface area contributed by atoms with Crippen LogP contribution in [-0.4, -0.2) is 74.3 Å². The Bertz CT molecular complexity index is 1740. The second kappa shape index (κ2) is 58.9. The third kappa shape index (κ3) is 59.3. The van der Waals surface area contributed by atoms with Crippen LogP contribution in [0.25, 0.3) is 0 Å². The number of hydrogen-bond acceptors (Lipinski definition) is 6. The van der Waals surface area contributed by atoms with Crippen LogP contribution in [0.2, 0.25) is 0 Å². The van der Waals surface area contributed by atoms with Gasteiger partial charge in [-0.25, -0.2) is 4.57 Å². The highest BCUT2D eigenvalue weighted by Crippen LogP contribution is 2.43. The van der Waals surface area contributed by atoms with Gasteiger partial charge in [-0.2, -0.15) is 0 Å². The van der Waals surface area contributed by atoms with Crippen LogP contribution in [0.15, 0.2) is 109 Å². The minimum atomic E-state index is -4.46. The number of phosphoric ester groups is 1. The summed E-state index contributed by atoms with van der Waals surface area (Å²) in [4.78, 5) is 37.8. The molecule has 0 aliphatic carbocycles. The molecule has 0 saturated carbocycles. The maximum absolute atomic E-state index is 13.6. The van der Waals surface area contributed by atoms with Gasteiger partial charge in [0.25, 0.3) is 0 Å². The standard InChI is InChI=1S/C70H123N2O7P/c1-7-10-13-16-19-22-25-28-30-32-33-34-35-36-37-38-39-41-43-45-48-51-54-57-60-63-70(74)79-68(61-58-55-52-49-46-27-24-21-18-15-12-9-3)67(66-78-80(75,76)77-65-64-72(4,5)6)71-69(73)62-59-56-53-50-47-44-42-40-31-29-26-23-20-17-14-11-8-2/h10,13,19-20,22-23,28-31,33-34,36-37,39,41,58,61,67-68H,7-9,11-12,14-18,21,24-27,32,35,38,40,42-57,59-60,62-66H2,1-6H3,(H-,71,73,75,76)/p+1/b13-10-,22-19-,23-20-,30-28-,31-29-,34-33-,37-36-,41-39-,61-58-. The predicted octanol–water partition coefficient (Wildman–Crippen LogP) is 20.5. The Morgan fingerprint density at radius 2 is 0.800 bits per heavy atom. The van der Waals surface area contributed by atoms with Gasteiger partial charge in [0.2, 0.25) is 5.91 Å². The number of nitrogens with one attached hydrogen (secondary N) is 1. The van der Waals surface area contributed by atoms with Crippen LogP contribution >= 0.6 is 7.82 Å². The molecule has 0 aliphatic rings. The summed E-state index contributed by atoms with van der Waals surface area (Å²) in [7, 11) is 1.47. The molecule has 0 bridgehead atoms. The zero-order chi connectivity index (χ0) is 58.6. The van der Waals surface area contributed by atoms with E-state index in [0.29, 0.717) is 23.9 Å². The van der Waals surface area contributed by atoms with Crippen LogP contribution < -0.4 is 5.32 Å². The van der Waals surface area contributed by atoms with Gasteiger partial charge in [0.1, 0.15) is 19.3 Å². The van der Waals surface area contributed by atoms with E-state index in [4.69, 9.17) is 13.8 Å². The van der Waals surface area contributed by atoms with Crippen molar-refractivity contribution in [3.63, 3.8) is 0 Å². The lowest BCUT2D eigenvalue weighted by atomic mass is 10.0. The molecule has 0 radical (unpaired) electrons. The Hall–Kier alpha value is -3.33. The first-order chi connectivity index (χ1) is 38.9. The molecular weight excluding hydrogens is 1010 g/mol. The molecule has 80 heavy (non-hydrogen) atoms. The second-order valence-corrected chi connectivity index (χ2v) is 24.4. The van der Waals surface area contributed by atoms with Crippen LogP contribution in [0.5, 0.6) is 0 Å². The summed E-state index contributed by atoms with van der Waals surface area (Å²) in [5.74, 6) is -0.534. The highest BCUT2D eigenvalue weighted by molar-refractivity contribution is 7.47. The Morgan fingerprint density at radius 3 is 1.23 bits per heavy atom. The Morgan fingerprint density at radius 1 is 0.450 bits per heavy atom. The molecule has 0 aromatic rings. The van der Waals surface area contributed by atoms with Crippen LogP contribution in [0.4, 0.5) is 0 Å². The van der Waals surface area contributed by atoms with E-state index in [0.717, 1.165) is 135 Å². The molecule has 0 rings (SSSR count). The molecule has 9 nitrogen and oxygen atoms in total. The van der Waals surface area contributed by atoms with Gasteiger partial charge in [0, 0.05) is 12.8 Å². The predicted molar refractivity (Wildman–Crippen MR) is 346 cm³/mol. The van der Waals surface area contributed by atoms with E-state index in [9.17, 15) is 19.0 Å². The van der Waals surface area contributed by atoms with E-state index in [2.05, 4.69) is 123 Å². The number of allylic oxidation sites excluding steroid dienone is 17. The fourth-order valence-corrected chi connectivity index (χ4v) is 9.65. The average Bonchev–Trinajstić information content (AvgIpc) is 3.42. The lowest BCUT2D eigenvalue weighted by Crippen LogP contribution is -2.47. The summed E-state index contributed by atoms with van der Waals surface area (Å²) in [6.07, 6.45) is 80.8. The molecule has 0 fully saturated rings. The number of likely N-dealkylation sites (N-methyl/N-ethyl adjacent to an activating group) is 1. The molecular formula is C70H124N2O7P+. The smallest absolute Gasteiger partial charge is 0.456 e. The fourth-order valence-electron chi connectivity index (χ4n) is 8.91. The minimum absolute atomic E-state index is 0.0309. The van der Waals surface area contributed by atoms with Crippen molar-refractivity contribution in [3.05, 3.63) is 109 Å². The number of ether oxygens (including phenoxy) is 1. The fraction of sp³-hybridized carbons (Fsp3) is 0.714. The van der Waals surface area contributed by atoms with Crippen molar-refractivity contribution in [2.45, 2.75) is 283 Å². The quantitative estimate of drug-likeness (QED) is 0.0205. The van der Waals surface area contributed by atoms with E-state index >= 15 is 0 Å². The van der Waals surface area contributed by atoms with E-state index in [1.807, 2.05) is 33.3 Å². The first-order valence-corrected chi connectivity index (χ1v) is 34.2. The van der Waals surface area contributed by atoms with Crippen LogP contribution in [-0.2, 0) is 27.9 Å². The van der Waals surface area contributed by atoms with Gasteiger partial charge in [0.15, 0.2) is 0 Å². The zero-order valence-corrected chi connectivity index (χ0v) is 53.4. The molecule has 1 amide bonds. The number of rotatable bonds is 58. The summed E-state index contributed by atoms with van der Waals surface area (Å²) in [5, 5.41) is 3.05. The number of quaternary nitrogens is 1. The summed E-state index contributed by atoms with van der Waals surface area (Å²) in [6.45, 7) is 6.85. The summed E-state index contributed by atoms with van der Waals surface area (Å²) < 4.78 is 30.7. The Labute approximate surface area is 493 Å². The van der Waals surface area contributed by atoms with Gasteiger partial charge < -0.3 is 19.4 Å². The maximum atomic E-state index is 13.6. The molecule has 3 atom stereocenters. The van der Waals surface area contributed by atoms with Gasteiger partial charge in [-0.05, 0) is 115 Å². The van der Waals surface area contributed by atoms with Crippen molar-refractivity contribution in [1.29, 1.82) is 0 Å². The number of phosphoric acid groups is 1. The number of unbranched alkanes of at least 4 members (excludes halogenated alkanes) is 26. The molecule has 0 aromatic carbocycles. The first kappa shape index (κ1) is 76.7. The van der Waals surface area contributed by atoms with Crippen molar-refractivity contribution in [3.8, 4) is 0 Å².